The Morgan fingerprint density at radius 1 is 0.585 bits per heavy atom. The van der Waals surface area contributed by atoms with Crippen LogP contribution in [0.25, 0.3) is 0 Å². The number of carbonyl (C=O) groups excluding carboxylic acids is 2. The number of ether oxygens (including phenoxy) is 2. The van der Waals surface area contributed by atoms with Crippen LogP contribution in [0.4, 0.5) is 0 Å². The Labute approximate surface area is 325 Å². The van der Waals surface area contributed by atoms with Crippen LogP contribution in [-0.2, 0) is 32.7 Å². The second-order valence-electron chi connectivity index (χ2n) is 15.3. The molecule has 2 atom stereocenters. The molecule has 0 aromatic rings. The fourth-order valence-corrected chi connectivity index (χ4v) is 6.24. The number of phosphoric acid groups is 1. The highest BCUT2D eigenvalue weighted by molar-refractivity contribution is 7.45. The monoisotopic (exact) mass is 770 g/mol. The number of likely N-dealkylation sites (N-methyl/N-ethyl adjacent to an activating group) is 1. The lowest BCUT2D eigenvalue weighted by Gasteiger charge is -2.28. The lowest BCUT2D eigenvalue weighted by Crippen LogP contribution is -2.37. The van der Waals surface area contributed by atoms with E-state index in [-0.39, 0.29) is 26.1 Å². The molecular formula is C43H80NO8P. The third-order valence-corrected chi connectivity index (χ3v) is 9.83. The first kappa shape index (κ1) is 51.2. The zero-order chi connectivity index (χ0) is 39.3. The van der Waals surface area contributed by atoms with Gasteiger partial charge in [0, 0.05) is 12.8 Å². The van der Waals surface area contributed by atoms with E-state index in [0.29, 0.717) is 17.4 Å². The van der Waals surface area contributed by atoms with Gasteiger partial charge in [0.15, 0.2) is 6.10 Å². The minimum atomic E-state index is -4.63. The quantitative estimate of drug-likeness (QED) is 0.0201. The minimum Gasteiger partial charge on any atom is -0.756 e. The van der Waals surface area contributed by atoms with Crippen molar-refractivity contribution >= 4 is 19.8 Å². The predicted molar refractivity (Wildman–Crippen MR) is 217 cm³/mol. The Balaban J connectivity index is 4.40. The number of esters is 2. The highest BCUT2D eigenvalue weighted by Crippen LogP contribution is 2.38. The molecule has 0 aromatic heterocycles. The molecular weight excluding hydrogens is 689 g/mol. The van der Waals surface area contributed by atoms with Crippen molar-refractivity contribution in [2.75, 3.05) is 47.5 Å². The zero-order valence-corrected chi connectivity index (χ0v) is 35.6. The topological polar surface area (TPSA) is 111 Å². The van der Waals surface area contributed by atoms with Crippen LogP contribution in [0.5, 0.6) is 0 Å². The summed E-state index contributed by atoms with van der Waals surface area (Å²) in [5, 5.41) is 0. The SMILES string of the molecule is CCC/C=C\C/C=C\CCCCCCCC(=O)OC(COC(=O)CCCCCCC/C=C\CCCCCCCCC)COP(=O)([O-])OCC[N+](C)(C)C. The third-order valence-electron chi connectivity index (χ3n) is 8.86. The van der Waals surface area contributed by atoms with E-state index in [1.165, 1.54) is 57.8 Å². The van der Waals surface area contributed by atoms with Gasteiger partial charge >= 0.3 is 11.9 Å². The second kappa shape index (κ2) is 35.9. The fraction of sp³-hybridized carbons (Fsp3) is 0.814. The van der Waals surface area contributed by atoms with Gasteiger partial charge in [0.05, 0.1) is 27.7 Å². The summed E-state index contributed by atoms with van der Waals surface area (Å²) in [6.07, 6.45) is 38.8. The van der Waals surface area contributed by atoms with Crippen molar-refractivity contribution in [3.05, 3.63) is 36.5 Å². The number of allylic oxidation sites excluding steroid dienone is 6. The summed E-state index contributed by atoms with van der Waals surface area (Å²) in [5.74, 6) is -0.861. The van der Waals surface area contributed by atoms with Gasteiger partial charge in [-0.3, -0.25) is 14.2 Å². The van der Waals surface area contributed by atoms with Crippen molar-refractivity contribution in [3.63, 3.8) is 0 Å². The Bertz CT molecular complexity index is 1010. The average molecular weight is 770 g/mol. The number of unbranched alkanes of at least 4 members (excludes halogenated alkanes) is 18. The molecule has 0 rings (SSSR count). The first-order valence-electron chi connectivity index (χ1n) is 21.2. The Morgan fingerprint density at radius 2 is 1.06 bits per heavy atom. The second-order valence-corrected chi connectivity index (χ2v) is 16.8. The summed E-state index contributed by atoms with van der Waals surface area (Å²) in [6.45, 7) is 4.12. The molecule has 0 spiro atoms. The van der Waals surface area contributed by atoms with E-state index < -0.39 is 32.5 Å². The van der Waals surface area contributed by atoms with Crippen LogP contribution in [0.15, 0.2) is 36.5 Å². The summed E-state index contributed by atoms with van der Waals surface area (Å²) in [5.41, 5.74) is 0. The van der Waals surface area contributed by atoms with Gasteiger partial charge in [0.2, 0.25) is 0 Å². The van der Waals surface area contributed by atoms with Crippen LogP contribution in [0.2, 0.25) is 0 Å². The van der Waals surface area contributed by atoms with Gasteiger partial charge in [-0.05, 0) is 64.2 Å². The summed E-state index contributed by atoms with van der Waals surface area (Å²) < 4.78 is 33.8. The lowest BCUT2D eigenvalue weighted by atomic mass is 10.1. The molecule has 53 heavy (non-hydrogen) atoms. The van der Waals surface area contributed by atoms with Crippen molar-refractivity contribution in [1.82, 2.24) is 0 Å². The van der Waals surface area contributed by atoms with Gasteiger partial charge in [-0.2, -0.15) is 0 Å². The number of carbonyl (C=O) groups is 2. The maximum Gasteiger partial charge on any atom is 0.306 e. The molecule has 0 bridgehead atoms. The van der Waals surface area contributed by atoms with Crippen LogP contribution < -0.4 is 4.89 Å². The molecule has 9 nitrogen and oxygen atoms in total. The number of nitrogens with zero attached hydrogens (tertiary/aromatic N) is 1. The van der Waals surface area contributed by atoms with Crippen LogP contribution in [0, 0.1) is 0 Å². The lowest BCUT2D eigenvalue weighted by molar-refractivity contribution is -0.870. The molecule has 0 aliphatic rings. The summed E-state index contributed by atoms with van der Waals surface area (Å²) in [7, 11) is 1.15. The van der Waals surface area contributed by atoms with Crippen LogP contribution in [0.1, 0.15) is 174 Å². The number of hydrogen-bond donors (Lipinski definition) is 0. The molecule has 0 aliphatic carbocycles. The number of phosphoric ester groups is 1. The third kappa shape index (κ3) is 39.7. The van der Waals surface area contributed by atoms with Gasteiger partial charge in [-0.1, -0.05) is 134 Å². The van der Waals surface area contributed by atoms with Crippen molar-refractivity contribution in [2.24, 2.45) is 0 Å². The Hall–Kier alpha value is -1.77. The van der Waals surface area contributed by atoms with Crippen LogP contribution in [-0.4, -0.2) is 70.0 Å². The first-order chi connectivity index (χ1) is 25.5. The fourth-order valence-electron chi connectivity index (χ4n) is 5.51. The van der Waals surface area contributed by atoms with Crippen molar-refractivity contribution in [2.45, 2.75) is 180 Å². The largest absolute Gasteiger partial charge is 0.756 e. The zero-order valence-electron chi connectivity index (χ0n) is 34.7. The molecule has 0 radical (unpaired) electrons. The maximum absolute atomic E-state index is 12.6. The molecule has 0 aliphatic heterocycles. The number of hydrogen-bond acceptors (Lipinski definition) is 8. The summed E-state index contributed by atoms with van der Waals surface area (Å²) >= 11 is 0. The number of quaternary nitrogens is 1. The van der Waals surface area contributed by atoms with Crippen LogP contribution >= 0.6 is 7.82 Å². The molecule has 2 unspecified atom stereocenters. The molecule has 0 heterocycles. The standard InChI is InChI=1S/C43H80NO8P/c1-6-8-10-12-14-16-18-20-21-22-24-25-27-29-31-33-35-42(45)49-39-41(40-51-53(47,48)50-38-37-44(3,4)5)52-43(46)36-34-32-30-28-26-23-19-17-15-13-11-9-7-2/h11,13,17,19,21-22,41H,6-10,12,14-16,18,20,23-40H2,1-5H3/b13-11-,19-17-,22-21-. The van der Waals surface area contributed by atoms with Crippen LogP contribution in [0.3, 0.4) is 0 Å². The van der Waals surface area contributed by atoms with Gasteiger partial charge in [-0.25, -0.2) is 0 Å². The van der Waals surface area contributed by atoms with Crippen molar-refractivity contribution < 1.29 is 42.1 Å². The summed E-state index contributed by atoms with van der Waals surface area (Å²) in [4.78, 5) is 37.4. The first-order valence-corrected chi connectivity index (χ1v) is 22.7. The average Bonchev–Trinajstić information content (AvgIpc) is 3.10. The van der Waals surface area contributed by atoms with E-state index in [1.807, 2.05) is 21.1 Å². The van der Waals surface area contributed by atoms with Crippen molar-refractivity contribution in [3.8, 4) is 0 Å². The number of rotatable bonds is 38. The molecule has 0 N–H and O–H groups in total. The maximum atomic E-state index is 12.6. The molecule has 0 amide bonds. The van der Waals surface area contributed by atoms with E-state index in [9.17, 15) is 19.0 Å². The minimum absolute atomic E-state index is 0.0353. The van der Waals surface area contributed by atoms with E-state index in [2.05, 4.69) is 50.3 Å². The van der Waals surface area contributed by atoms with E-state index in [4.69, 9.17) is 18.5 Å². The normalized spacial score (nSPS) is 14.0. The molecule has 0 fully saturated rings. The molecule has 0 saturated heterocycles. The Kier molecular flexibility index (Phi) is 34.7. The Morgan fingerprint density at radius 3 is 1.58 bits per heavy atom. The van der Waals surface area contributed by atoms with E-state index in [0.717, 1.165) is 83.5 Å². The molecule has 0 aromatic carbocycles. The van der Waals surface area contributed by atoms with Crippen molar-refractivity contribution in [1.29, 1.82) is 0 Å². The van der Waals surface area contributed by atoms with E-state index in [1.54, 1.807) is 0 Å². The van der Waals surface area contributed by atoms with Gasteiger partial charge < -0.3 is 27.9 Å². The van der Waals surface area contributed by atoms with Gasteiger partial charge in [0.1, 0.15) is 19.8 Å². The molecule has 10 heteroatoms. The highest BCUT2D eigenvalue weighted by Gasteiger charge is 2.21. The molecule has 0 saturated carbocycles. The van der Waals surface area contributed by atoms with Gasteiger partial charge in [-0.15, -0.1) is 0 Å². The predicted octanol–water partition coefficient (Wildman–Crippen LogP) is 11.1. The smallest absolute Gasteiger partial charge is 0.306 e. The summed E-state index contributed by atoms with van der Waals surface area (Å²) in [6, 6.07) is 0. The van der Waals surface area contributed by atoms with E-state index >= 15 is 0 Å². The molecule has 310 valence electrons. The highest BCUT2D eigenvalue weighted by atomic mass is 31.2. The van der Waals surface area contributed by atoms with Gasteiger partial charge in [0.25, 0.3) is 7.82 Å².